The summed E-state index contributed by atoms with van der Waals surface area (Å²) in [5, 5.41) is 13.2. The first-order valence-electron chi connectivity index (χ1n) is 9.18. The van der Waals surface area contributed by atoms with Crippen molar-refractivity contribution in [2.75, 3.05) is 25.0 Å². The number of likely N-dealkylation sites (tertiary alicyclic amines) is 1. The molecule has 2 N–H and O–H groups in total. The monoisotopic (exact) mass is 391 g/mol. The van der Waals surface area contributed by atoms with Crippen molar-refractivity contribution in [2.45, 2.75) is 25.6 Å². The number of pyridine rings is 1. The number of benzene rings is 1. The maximum atomic E-state index is 12.3. The van der Waals surface area contributed by atoms with E-state index in [1.54, 1.807) is 30.5 Å². The van der Waals surface area contributed by atoms with Crippen LogP contribution in [0, 0.1) is 5.92 Å². The maximum Gasteiger partial charge on any atom is 0.387 e. The van der Waals surface area contributed by atoms with Gasteiger partial charge >= 0.3 is 6.61 Å². The summed E-state index contributed by atoms with van der Waals surface area (Å²) >= 11 is 0. The normalized spacial score (nSPS) is 16.7. The van der Waals surface area contributed by atoms with E-state index in [2.05, 4.69) is 19.9 Å². The summed E-state index contributed by atoms with van der Waals surface area (Å²) in [5.41, 5.74) is 0.636. The molecule has 0 spiro atoms. The number of β-amino-alcohol motifs (C(OH)–C–C–N with tert-alkyl or cyclic N) is 1. The van der Waals surface area contributed by atoms with Gasteiger partial charge in [0.2, 0.25) is 5.91 Å². The van der Waals surface area contributed by atoms with Crippen LogP contribution in [0.1, 0.15) is 24.5 Å². The van der Waals surface area contributed by atoms with Gasteiger partial charge in [0.05, 0.1) is 6.10 Å². The lowest BCUT2D eigenvalue weighted by atomic mass is 9.95. The van der Waals surface area contributed by atoms with Crippen LogP contribution in [-0.2, 0) is 4.79 Å². The summed E-state index contributed by atoms with van der Waals surface area (Å²) in [6.45, 7) is -1.05. The molecular formula is C20H23F2N3O3. The summed E-state index contributed by atoms with van der Waals surface area (Å²) in [7, 11) is 0. The van der Waals surface area contributed by atoms with Gasteiger partial charge in [0.25, 0.3) is 0 Å². The fourth-order valence-electron chi connectivity index (χ4n) is 3.26. The second-order valence-corrected chi connectivity index (χ2v) is 6.74. The molecule has 8 heteroatoms. The topological polar surface area (TPSA) is 74.7 Å². The molecule has 1 unspecified atom stereocenters. The van der Waals surface area contributed by atoms with Crippen LogP contribution < -0.4 is 10.1 Å². The minimum Gasteiger partial charge on any atom is -0.435 e. The van der Waals surface area contributed by atoms with Crippen molar-refractivity contribution in [3.05, 3.63) is 54.2 Å². The molecule has 0 bridgehead atoms. The number of hydrogen-bond acceptors (Lipinski definition) is 5. The van der Waals surface area contributed by atoms with Crippen LogP contribution in [0.5, 0.6) is 5.75 Å². The number of alkyl halides is 2. The van der Waals surface area contributed by atoms with Crippen molar-refractivity contribution in [1.29, 1.82) is 0 Å². The number of aliphatic hydroxyl groups excluding tert-OH is 1. The molecule has 1 atom stereocenters. The highest BCUT2D eigenvalue weighted by atomic mass is 19.3. The summed E-state index contributed by atoms with van der Waals surface area (Å²) in [4.78, 5) is 18.5. The fraction of sp³-hybridized carbons (Fsp3) is 0.400. The van der Waals surface area contributed by atoms with E-state index < -0.39 is 12.7 Å². The molecule has 1 aliphatic rings. The highest BCUT2D eigenvalue weighted by Gasteiger charge is 2.26. The van der Waals surface area contributed by atoms with E-state index in [0.717, 1.165) is 0 Å². The van der Waals surface area contributed by atoms with Gasteiger partial charge in [-0.3, -0.25) is 4.79 Å². The number of carbonyl (C=O) groups is 1. The largest absolute Gasteiger partial charge is 0.435 e. The summed E-state index contributed by atoms with van der Waals surface area (Å²) < 4.78 is 28.7. The van der Waals surface area contributed by atoms with Gasteiger partial charge in [-0.1, -0.05) is 18.2 Å². The van der Waals surface area contributed by atoms with E-state index in [1.165, 1.54) is 12.1 Å². The molecule has 2 heterocycles. The molecule has 0 aliphatic carbocycles. The molecule has 0 saturated carbocycles. The van der Waals surface area contributed by atoms with Crippen molar-refractivity contribution in [2.24, 2.45) is 5.92 Å². The van der Waals surface area contributed by atoms with Crippen LogP contribution in [0.2, 0.25) is 0 Å². The average Bonchev–Trinajstić information content (AvgIpc) is 2.69. The van der Waals surface area contributed by atoms with Crippen LogP contribution in [0.15, 0.2) is 48.7 Å². The lowest BCUT2D eigenvalue weighted by Gasteiger charge is -2.32. The van der Waals surface area contributed by atoms with Gasteiger partial charge in [-0.25, -0.2) is 4.98 Å². The van der Waals surface area contributed by atoms with Gasteiger partial charge in [0.15, 0.2) is 0 Å². The number of halogens is 2. The van der Waals surface area contributed by atoms with Gasteiger partial charge in [-0.15, -0.1) is 0 Å². The Morgan fingerprint density at radius 2 is 1.93 bits per heavy atom. The highest BCUT2D eigenvalue weighted by Crippen LogP contribution is 2.23. The number of aliphatic hydroxyl groups is 1. The number of anilines is 1. The number of aromatic nitrogens is 1. The van der Waals surface area contributed by atoms with Gasteiger partial charge in [0, 0.05) is 18.7 Å². The fourth-order valence-corrected chi connectivity index (χ4v) is 3.26. The van der Waals surface area contributed by atoms with Gasteiger partial charge < -0.3 is 20.1 Å². The molecule has 1 aliphatic heterocycles. The van der Waals surface area contributed by atoms with E-state index >= 15 is 0 Å². The number of hydrogen-bond donors (Lipinski definition) is 2. The zero-order valence-corrected chi connectivity index (χ0v) is 15.3. The second kappa shape index (κ2) is 9.57. The van der Waals surface area contributed by atoms with Crippen LogP contribution >= 0.6 is 0 Å². The number of carbonyl (C=O) groups excluding carboxylic acids is 1. The SMILES string of the molecule is O=C(Nc1ccccn1)C1CCN(CC(O)c2ccc(OC(F)F)cc2)CC1. The zero-order chi connectivity index (χ0) is 19.9. The first-order chi connectivity index (χ1) is 13.5. The number of ether oxygens (including phenoxy) is 1. The van der Waals surface area contributed by atoms with E-state index in [0.29, 0.717) is 43.9 Å². The number of rotatable bonds is 7. The predicted octanol–water partition coefficient (Wildman–Crippen LogP) is 3.07. The Morgan fingerprint density at radius 3 is 2.54 bits per heavy atom. The van der Waals surface area contributed by atoms with Crippen molar-refractivity contribution >= 4 is 11.7 Å². The molecule has 1 amide bonds. The third-order valence-electron chi connectivity index (χ3n) is 4.80. The number of piperidine rings is 1. The van der Waals surface area contributed by atoms with Crippen LogP contribution in [0.4, 0.5) is 14.6 Å². The molecule has 3 rings (SSSR count). The van der Waals surface area contributed by atoms with E-state index in [-0.39, 0.29) is 17.6 Å². The molecule has 1 fully saturated rings. The van der Waals surface area contributed by atoms with Crippen LogP contribution in [0.3, 0.4) is 0 Å². The second-order valence-electron chi connectivity index (χ2n) is 6.74. The quantitative estimate of drug-likeness (QED) is 0.759. The first kappa shape index (κ1) is 20.2. The molecular weight excluding hydrogens is 368 g/mol. The maximum absolute atomic E-state index is 12.3. The third-order valence-corrected chi connectivity index (χ3v) is 4.80. The third kappa shape index (κ3) is 5.71. The average molecular weight is 391 g/mol. The van der Waals surface area contributed by atoms with E-state index in [9.17, 15) is 18.7 Å². The Kier molecular flexibility index (Phi) is 6.89. The predicted molar refractivity (Wildman–Crippen MR) is 100 cm³/mol. The summed E-state index contributed by atoms with van der Waals surface area (Å²) in [6.07, 6.45) is 2.30. The number of amides is 1. The summed E-state index contributed by atoms with van der Waals surface area (Å²) in [5.74, 6) is 0.491. The van der Waals surface area contributed by atoms with Gasteiger partial charge in [-0.05, 0) is 55.8 Å². The number of nitrogens with zero attached hydrogens (tertiary/aromatic N) is 2. The molecule has 150 valence electrons. The Labute approximate surface area is 162 Å². The van der Waals surface area contributed by atoms with Gasteiger partial charge in [-0.2, -0.15) is 8.78 Å². The minimum absolute atomic E-state index is 0.0338. The first-order valence-corrected chi connectivity index (χ1v) is 9.18. The standard InChI is InChI=1S/C20H23F2N3O3/c21-20(22)28-16-6-4-14(5-7-16)17(26)13-25-11-8-15(9-12-25)19(27)24-18-3-1-2-10-23-18/h1-7,10,15,17,20,26H,8-9,11-13H2,(H,23,24,27). The lowest BCUT2D eigenvalue weighted by molar-refractivity contribution is -0.121. The molecule has 1 aromatic heterocycles. The molecule has 1 saturated heterocycles. The van der Waals surface area contributed by atoms with Crippen molar-refractivity contribution in [3.8, 4) is 5.75 Å². The van der Waals surface area contributed by atoms with E-state index in [1.807, 2.05) is 6.07 Å². The Balaban J connectivity index is 1.45. The van der Waals surface area contributed by atoms with Gasteiger partial charge in [0.1, 0.15) is 11.6 Å². The Hall–Kier alpha value is -2.58. The van der Waals surface area contributed by atoms with Crippen LogP contribution in [-0.4, -0.2) is 47.1 Å². The summed E-state index contributed by atoms with van der Waals surface area (Å²) in [6, 6.07) is 11.3. The van der Waals surface area contributed by atoms with Crippen LogP contribution in [0.25, 0.3) is 0 Å². The molecule has 28 heavy (non-hydrogen) atoms. The van der Waals surface area contributed by atoms with Crippen molar-refractivity contribution in [3.63, 3.8) is 0 Å². The smallest absolute Gasteiger partial charge is 0.387 e. The molecule has 0 radical (unpaired) electrons. The zero-order valence-electron chi connectivity index (χ0n) is 15.3. The molecule has 1 aromatic carbocycles. The van der Waals surface area contributed by atoms with Crippen molar-refractivity contribution < 1.29 is 23.4 Å². The number of nitrogens with one attached hydrogen (secondary N) is 1. The Bertz CT molecular complexity index is 751. The Morgan fingerprint density at radius 1 is 1.21 bits per heavy atom. The van der Waals surface area contributed by atoms with Crippen molar-refractivity contribution in [1.82, 2.24) is 9.88 Å². The molecule has 2 aromatic rings. The lowest BCUT2D eigenvalue weighted by Crippen LogP contribution is -2.40. The van der Waals surface area contributed by atoms with E-state index in [4.69, 9.17) is 0 Å². The highest BCUT2D eigenvalue weighted by molar-refractivity contribution is 5.91. The minimum atomic E-state index is -2.87. The molecule has 6 nitrogen and oxygen atoms in total.